The summed E-state index contributed by atoms with van der Waals surface area (Å²) in [5, 5.41) is 19.3. The van der Waals surface area contributed by atoms with E-state index in [4.69, 9.17) is 5.11 Å². The number of hydrogen-bond donors (Lipinski definition) is 1. The number of alkyl halides is 2. The van der Waals surface area contributed by atoms with Crippen molar-refractivity contribution in [2.75, 3.05) is 7.11 Å². The van der Waals surface area contributed by atoms with Crippen molar-refractivity contribution in [3.05, 3.63) is 27.4 Å². The number of nitrogens with zero attached hydrogens (tertiary/aromatic N) is 2. The molecular formula is C8H6F2N2O5. The van der Waals surface area contributed by atoms with E-state index >= 15 is 0 Å². The first-order valence-electron chi connectivity index (χ1n) is 4.12. The van der Waals surface area contributed by atoms with Crippen molar-refractivity contribution in [3.63, 3.8) is 0 Å². The first-order chi connectivity index (χ1) is 7.90. The second-order valence-electron chi connectivity index (χ2n) is 2.81. The van der Waals surface area contributed by atoms with Crippen molar-refractivity contribution >= 4 is 11.7 Å². The van der Waals surface area contributed by atoms with E-state index in [1.54, 1.807) is 0 Å². The van der Waals surface area contributed by atoms with Gasteiger partial charge in [0.05, 0.1) is 18.2 Å². The number of methoxy groups -OCH3 is 1. The fourth-order valence-electron chi connectivity index (χ4n) is 1.21. The van der Waals surface area contributed by atoms with Crippen LogP contribution in [0.3, 0.4) is 0 Å². The van der Waals surface area contributed by atoms with E-state index in [-0.39, 0.29) is 0 Å². The van der Waals surface area contributed by atoms with Crippen molar-refractivity contribution in [2.45, 2.75) is 6.43 Å². The summed E-state index contributed by atoms with van der Waals surface area (Å²) in [5.41, 5.74) is -3.26. The Morgan fingerprint density at radius 1 is 1.65 bits per heavy atom. The third kappa shape index (κ3) is 2.27. The van der Waals surface area contributed by atoms with Crippen LogP contribution in [0.1, 0.15) is 22.3 Å². The molecule has 92 valence electrons. The fraction of sp³-hybridized carbons (Fsp3) is 0.250. The molecule has 1 rings (SSSR count). The smallest absolute Gasteiger partial charge is 0.344 e. The number of hydrogen-bond acceptors (Lipinski definition) is 5. The molecule has 0 aliphatic heterocycles. The molecule has 0 spiro atoms. The molecule has 0 saturated heterocycles. The molecule has 0 atom stereocenters. The SMILES string of the molecule is COc1ncc(C(=O)O)c([N+](=O)[O-])c1C(F)F. The maximum atomic E-state index is 12.7. The zero-order valence-corrected chi connectivity index (χ0v) is 8.39. The molecule has 1 aromatic heterocycles. The second-order valence-corrected chi connectivity index (χ2v) is 2.81. The number of carboxylic acids is 1. The van der Waals surface area contributed by atoms with E-state index in [9.17, 15) is 23.7 Å². The van der Waals surface area contributed by atoms with Crippen molar-refractivity contribution < 1.29 is 28.3 Å². The summed E-state index contributed by atoms with van der Waals surface area (Å²) in [4.78, 5) is 23.4. The highest BCUT2D eigenvalue weighted by atomic mass is 19.3. The number of carboxylic acid groups (broad SMARTS) is 1. The highest BCUT2D eigenvalue weighted by Gasteiger charge is 2.33. The summed E-state index contributed by atoms with van der Waals surface area (Å²) < 4.78 is 29.8. The molecule has 1 heterocycles. The van der Waals surface area contributed by atoms with Gasteiger partial charge in [0.2, 0.25) is 5.88 Å². The lowest BCUT2D eigenvalue weighted by atomic mass is 10.1. The van der Waals surface area contributed by atoms with Crippen LogP contribution in [0, 0.1) is 10.1 Å². The van der Waals surface area contributed by atoms with Gasteiger partial charge in [-0.1, -0.05) is 0 Å². The summed E-state index contributed by atoms with van der Waals surface area (Å²) in [7, 11) is 0.998. The van der Waals surface area contributed by atoms with Crippen LogP contribution >= 0.6 is 0 Å². The van der Waals surface area contributed by atoms with Gasteiger partial charge in [-0.25, -0.2) is 18.6 Å². The number of halogens is 2. The molecular weight excluding hydrogens is 242 g/mol. The number of pyridine rings is 1. The van der Waals surface area contributed by atoms with Gasteiger partial charge in [-0.05, 0) is 0 Å². The van der Waals surface area contributed by atoms with Gasteiger partial charge in [0.25, 0.3) is 12.1 Å². The Morgan fingerprint density at radius 3 is 2.59 bits per heavy atom. The van der Waals surface area contributed by atoms with Crippen LogP contribution < -0.4 is 4.74 Å². The Bertz CT molecular complexity index is 477. The van der Waals surface area contributed by atoms with Gasteiger partial charge in [-0.15, -0.1) is 0 Å². The van der Waals surface area contributed by atoms with Crippen molar-refractivity contribution in [1.82, 2.24) is 4.98 Å². The van der Waals surface area contributed by atoms with Crippen LogP contribution in [0.5, 0.6) is 5.88 Å². The van der Waals surface area contributed by atoms with Crippen molar-refractivity contribution in [3.8, 4) is 5.88 Å². The van der Waals surface area contributed by atoms with Gasteiger partial charge >= 0.3 is 5.97 Å². The Labute approximate surface area is 92.8 Å². The van der Waals surface area contributed by atoms with Gasteiger partial charge in [0.15, 0.2) is 11.1 Å². The number of ether oxygens (including phenoxy) is 1. The van der Waals surface area contributed by atoms with Crippen LogP contribution in [0.15, 0.2) is 6.20 Å². The molecule has 0 bridgehead atoms. The predicted octanol–water partition coefficient (Wildman–Crippen LogP) is 1.63. The van der Waals surface area contributed by atoms with Gasteiger partial charge in [-0.2, -0.15) is 0 Å². The summed E-state index contributed by atoms with van der Waals surface area (Å²) in [6, 6.07) is 0. The molecule has 0 amide bonds. The third-order valence-corrected chi connectivity index (χ3v) is 1.88. The lowest BCUT2D eigenvalue weighted by molar-refractivity contribution is -0.386. The largest absolute Gasteiger partial charge is 0.480 e. The minimum absolute atomic E-state index is 0.602. The molecule has 1 N–H and O–H groups in total. The van der Waals surface area contributed by atoms with E-state index in [2.05, 4.69) is 9.72 Å². The first kappa shape index (κ1) is 12.7. The second kappa shape index (κ2) is 4.68. The molecule has 7 nitrogen and oxygen atoms in total. The predicted molar refractivity (Wildman–Crippen MR) is 49.4 cm³/mol. The average Bonchev–Trinajstić information content (AvgIpc) is 2.26. The topological polar surface area (TPSA) is 103 Å². The van der Waals surface area contributed by atoms with Crippen LogP contribution in [0.25, 0.3) is 0 Å². The number of nitro groups is 1. The van der Waals surface area contributed by atoms with Gasteiger partial charge < -0.3 is 9.84 Å². The zero-order valence-electron chi connectivity index (χ0n) is 8.39. The van der Waals surface area contributed by atoms with E-state index in [0.717, 1.165) is 7.11 Å². The van der Waals surface area contributed by atoms with Crippen molar-refractivity contribution in [2.24, 2.45) is 0 Å². The molecule has 0 aliphatic rings. The minimum atomic E-state index is -3.27. The molecule has 0 fully saturated rings. The average molecular weight is 248 g/mol. The Kier molecular flexibility index (Phi) is 3.51. The molecule has 17 heavy (non-hydrogen) atoms. The van der Waals surface area contributed by atoms with E-state index in [0.29, 0.717) is 6.20 Å². The van der Waals surface area contributed by atoms with Crippen LogP contribution in [-0.2, 0) is 0 Å². The number of aromatic nitrogens is 1. The standard InChI is InChI=1S/C8H6F2N2O5/c1-17-7-4(6(9)10)5(12(15)16)3(2-11-7)8(13)14/h2,6H,1H3,(H,13,14). The third-order valence-electron chi connectivity index (χ3n) is 1.88. The lowest BCUT2D eigenvalue weighted by Gasteiger charge is -2.08. The molecule has 0 aliphatic carbocycles. The first-order valence-corrected chi connectivity index (χ1v) is 4.12. The molecule has 1 aromatic rings. The van der Waals surface area contributed by atoms with E-state index < -0.39 is 40.0 Å². The van der Waals surface area contributed by atoms with Crippen LogP contribution in [0.4, 0.5) is 14.5 Å². The van der Waals surface area contributed by atoms with Crippen LogP contribution in [-0.4, -0.2) is 28.1 Å². The molecule has 0 aromatic carbocycles. The summed E-state index contributed by atoms with van der Waals surface area (Å²) in [5.74, 6) is -2.38. The molecule has 0 unspecified atom stereocenters. The van der Waals surface area contributed by atoms with Crippen LogP contribution in [0.2, 0.25) is 0 Å². The van der Waals surface area contributed by atoms with E-state index in [1.807, 2.05) is 0 Å². The fourth-order valence-corrected chi connectivity index (χ4v) is 1.21. The van der Waals surface area contributed by atoms with Gasteiger partial charge in [0.1, 0.15) is 0 Å². The normalized spacial score (nSPS) is 10.4. The quantitative estimate of drug-likeness (QED) is 0.641. The highest BCUT2D eigenvalue weighted by Crippen LogP contribution is 2.37. The maximum absolute atomic E-state index is 12.7. The highest BCUT2D eigenvalue weighted by molar-refractivity contribution is 5.93. The number of rotatable bonds is 4. The Balaban J connectivity index is 3.65. The molecule has 0 saturated carbocycles. The summed E-state index contributed by atoms with van der Waals surface area (Å²) in [6.07, 6.45) is -2.66. The zero-order chi connectivity index (χ0) is 13.2. The Morgan fingerprint density at radius 2 is 2.24 bits per heavy atom. The summed E-state index contributed by atoms with van der Waals surface area (Å²) in [6.45, 7) is 0. The molecule has 0 radical (unpaired) electrons. The van der Waals surface area contributed by atoms with Gasteiger partial charge in [-0.3, -0.25) is 10.1 Å². The number of aromatic carboxylic acids is 1. The van der Waals surface area contributed by atoms with E-state index in [1.165, 1.54) is 0 Å². The monoisotopic (exact) mass is 248 g/mol. The lowest BCUT2D eigenvalue weighted by Crippen LogP contribution is -2.09. The molecule has 9 heteroatoms. The Hall–Kier alpha value is -2.32. The van der Waals surface area contributed by atoms with Gasteiger partial charge in [0, 0.05) is 0 Å². The summed E-state index contributed by atoms with van der Waals surface area (Å²) >= 11 is 0. The minimum Gasteiger partial charge on any atom is -0.480 e. The maximum Gasteiger partial charge on any atom is 0.344 e. The van der Waals surface area contributed by atoms with Crippen molar-refractivity contribution in [1.29, 1.82) is 0 Å². The number of carbonyl (C=O) groups is 1.